The van der Waals surface area contributed by atoms with Crippen LogP contribution in [0.25, 0.3) is 11.4 Å². The van der Waals surface area contributed by atoms with Crippen molar-refractivity contribution in [1.82, 2.24) is 19.7 Å². The van der Waals surface area contributed by atoms with Crippen LogP contribution in [0, 0.1) is 0 Å². The number of nitrogens with zero attached hydrogens (tertiary/aromatic N) is 4. The summed E-state index contributed by atoms with van der Waals surface area (Å²) in [5.74, 6) is 2.16. The lowest BCUT2D eigenvalue weighted by Gasteiger charge is -2.28. The van der Waals surface area contributed by atoms with Crippen LogP contribution >= 0.6 is 11.8 Å². The van der Waals surface area contributed by atoms with E-state index in [0.29, 0.717) is 12.3 Å². The smallest absolute Gasteiger partial charge is 0.233 e. The van der Waals surface area contributed by atoms with Crippen molar-refractivity contribution in [3.8, 4) is 17.1 Å². The molecule has 1 aliphatic heterocycles. The maximum atomic E-state index is 12.9. The number of unbranched alkanes of at least 4 members (excludes halogenated alkanes) is 1. The quantitative estimate of drug-likeness (QED) is 0.489. The van der Waals surface area contributed by atoms with Gasteiger partial charge in [-0.2, -0.15) is 0 Å². The summed E-state index contributed by atoms with van der Waals surface area (Å²) < 4.78 is 7.39. The molecule has 162 valence electrons. The normalized spacial score (nSPS) is 13.2. The summed E-state index contributed by atoms with van der Waals surface area (Å²) in [5.41, 5.74) is 3.60. The molecule has 7 heteroatoms. The molecule has 0 bridgehead atoms. The Balaban J connectivity index is 1.46. The van der Waals surface area contributed by atoms with E-state index in [1.54, 1.807) is 7.11 Å². The van der Waals surface area contributed by atoms with Gasteiger partial charge in [0.25, 0.3) is 0 Å². The monoisotopic (exact) mass is 436 g/mol. The van der Waals surface area contributed by atoms with Crippen molar-refractivity contribution in [2.75, 3.05) is 19.4 Å². The van der Waals surface area contributed by atoms with Crippen LogP contribution in [0.1, 0.15) is 30.9 Å². The first-order chi connectivity index (χ1) is 15.2. The highest BCUT2D eigenvalue weighted by molar-refractivity contribution is 7.99. The third kappa shape index (κ3) is 4.93. The Kier molecular flexibility index (Phi) is 6.92. The highest BCUT2D eigenvalue weighted by Gasteiger charge is 2.22. The van der Waals surface area contributed by atoms with Gasteiger partial charge in [-0.3, -0.25) is 4.79 Å². The number of rotatable bonds is 8. The molecule has 3 aromatic rings. The van der Waals surface area contributed by atoms with Gasteiger partial charge >= 0.3 is 0 Å². The van der Waals surface area contributed by atoms with Crippen molar-refractivity contribution in [2.45, 2.75) is 44.4 Å². The fraction of sp³-hybridized carbons (Fsp3) is 0.375. The Morgan fingerprint density at radius 1 is 1.10 bits per heavy atom. The largest absolute Gasteiger partial charge is 0.497 e. The number of methoxy groups -OCH3 is 1. The minimum absolute atomic E-state index is 0.149. The van der Waals surface area contributed by atoms with Crippen LogP contribution in [-0.2, 0) is 24.3 Å². The second-order valence-corrected chi connectivity index (χ2v) is 8.61. The lowest BCUT2D eigenvalue weighted by atomic mass is 10.00. The SMILES string of the molecule is CCCCn1c(SCC(=O)N2CCc3ccccc3C2)nnc1-c1ccc(OC)cc1. The summed E-state index contributed by atoms with van der Waals surface area (Å²) in [7, 11) is 1.66. The average Bonchev–Trinajstić information content (AvgIpc) is 3.23. The Labute approximate surface area is 187 Å². The number of amides is 1. The van der Waals surface area contributed by atoms with E-state index in [1.165, 1.54) is 22.9 Å². The molecule has 1 aliphatic rings. The molecule has 0 radical (unpaired) electrons. The summed E-state index contributed by atoms with van der Waals surface area (Å²) in [4.78, 5) is 14.8. The van der Waals surface area contributed by atoms with Crippen LogP contribution in [0.2, 0.25) is 0 Å². The first-order valence-electron chi connectivity index (χ1n) is 10.7. The fourth-order valence-corrected chi connectivity index (χ4v) is 4.66. The molecule has 1 aromatic heterocycles. The number of ether oxygens (including phenoxy) is 1. The van der Waals surface area contributed by atoms with Crippen molar-refractivity contribution in [2.24, 2.45) is 0 Å². The van der Waals surface area contributed by atoms with Crippen LogP contribution in [0.15, 0.2) is 53.7 Å². The van der Waals surface area contributed by atoms with E-state index in [-0.39, 0.29) is 5.91 Å². The zero-order valence-corrected chi connectivity index (χ0v) is 18.9. The van der Waals surface area contributed by atoms with Crippen LogP contribution < -0.4 is 4.74 Å². The molecule has 4 rings (SSSR count). The van der Waals surface area contributed by atoms with Crippen molar-refractivity contribution in [1.29, 1.82) is 0 Å². The minimum Gasteiger partial charge on any atom is -0.497 e. The number of aromatic nitrogens is 3. The number of hydrogen-bond acceptors (Lipinski definition) is 5. The number of benzene rings is 2. The molecule has 1 amide bonds. The van der Waals surface area contributed by atoms with E-state index in [2.05, 4.69) is 39.9 Å². The van der Waals surface area contributed by atoms with Crippen molar-refractivity contribution >= 4 is 17.7 Å². The van der Waals surface area contributed by atoms with Crippen LogP contribution in [0.4, 0.5) is 0 Å². The van der Waals surface area contributed by atoms with Crippen molar-refractivity contribution in [3.63, 3.8) is 0 Å². The first-order valence-corrected chi connectivity index (χ1v) is 11.7. The second kappa shape index (κ2) is 10.0. The van der Waals surface area contributed by atoms with Gasteiger partial charge in [-0.25, -0.2) is 0 Å². The van der Waals surface area contributed by atoms with Crippen LogP contribution in [0.3, 0.4) is 0 Å². The van der Waals surface area contributed by atoms with E-state index in [9.17, 15) is 4.79 Å². The lowest BCUT2D eigenvalue weighted by Crippen LogP contribution is -2.37. The van der Waals surface area contributed by atoms with Gasteiger partial charge in [0.15, 0.2) is 11.0 Å². The maximum absolute atomic E-state index is 12.9. The second-order valence-electron chi connectivity index (χ2n) is 7.66. The topological polar surface area (TPSA) is 60.2 Å². The van der Waals surface area contributed by atoms with Gasteiger partial charge in [0.2, 0.25) is 5.91 Å². The molecule has 0 spiro atoms. The molecular formula is C24H28N4O2S. The summed E-state index contributed by atoms with van der Waals surface area (Å²) in [6.45, 7) is 4.46. The Hall–Kier alpha value is -2.80. The van der Waals surface area contributed by atoms with E-state index in [1.807, 2.05) is 35.2 Å². The van der Waals surface area contributed by atoms with Gasteiger partial charge in [0.1, 0.15) is 5.75 Å². The summed E-state index contributed by atoms with van der Waals surface area (Å²) in [6.07, 6.45) is 3.03. The zero-order valence-electron chi connectivity index (χ0n) is 18.1. The Morgan fingerprint density at radius 3 is 2.61 bits per heavy atom. The third-order valence-electron chi connectivity index (χ3n) is 5.61. The zero-order chi connectivity index (χ0) is 21.6. The summed E-state index contributed by atoms with van der Waals surface area (Å²) in [5, 5.41) is 9.65. The van der Waals surface area contributed by atoms with E-state index in [4.69, 9.17) is 4.74 Å². The predicted molar refractivity (Wildman–Crippen MR) is 123 cm³/mol. The molecular weight excluding hydrogens is 408 g/mol. The van der Waals surface area contributed by atoms with Gasteiger partial charge in [-0.15, -0.1) is 10.2 Å². The Morgan fingerprint density at radius 2 is 1.87 bits per heavy atom. The highest BCUT2D eigenvalue weighted by Crippen LogP contribution is 2.27. The van der Waals surface area contributed by atoms with Gasteiger partial charge < -0.3 is 14.2 Å². The van der Waals surface area contributed by atoms with Crippen LogP contribution in [0.5, 0.6) is 5.75 Å². The molecule has 2 aromatic carbocycles. The molecule has 0 saturated carbocycles. The van der Waals surface area contributed by atoms with Crippen molar-refractivity contribution in [3.05, 3.63) is 59.7 Å². The fourth-order valence-electron chi connectivity index (χ4n) is 3.79. The first kappa shape index (κ1) is 21.4. The lowest BCUT2D eigenvalue weighted by molar-refractivity contribution is -0.129. The van der Waals surface area contributed by atoms with Gasteiger partial charge in [0, 0.05) is 25.2 Å². The molecule has 2 heterocycles. The minimum atomic E-state index is 0.149. The number of thioether (sulfide) groups is 1. The number of hydrogen-bond donors (Lipinski definition) is 0. The molecule has 31 heavy (non-hydrogen) atoms. The molecule has 0 fully saturated rings. The van der Waals surface area contributed by atoms with Gasteiger partial charge in [-0.1, -0.05) is 49.4 Å². The Bertz CT molecular complexity index is 1030. The number of carbonyl (C=O) groups is 1. The highest BCUT2D eigenvalue weighted by atomic mass is 32.2. The average molecular weight is 437 g/mol. The number of fused-ring (bicyclic) bond motifs is 1. The van der Waals surface area contributed by atoms with Crippen LogP contribution in [-0.4, -0.2) is 45.0 Å². The molecule has 0 aliphatic carbocycles. The van der Waals surface area contributed by atoms with E-state index in [0.717, 1.165) is 54.6 Å². The summed E-state index contributed by atoms with van der Waals surface area (Å²) >= 11 is 1.48. The standard InChI is InChI=1S/C24H28N4O2S/c1-3-4-14-28-23(19-9-11-21(30-2)12-10-19)25-26-24(28)31-17-22(29)27-15-13-18-7-5-6-8-20(18)16-27/h5-12H,3-4,13-17H2,1-2H3. The number of carbonyl (C=O) groups excluding carboxylic acids is 1. The molecule has 6 nitrogen and oxygen atoms in total. The van der Waals surface area contributed by atoms with Gasteiger partial charge in [-0.05, 0) is 48.2 Å². The predicted octanol–water partition coefficient (Wildman–Crippen LogP) is 4.43. The maximum Gasteiger partial charge on any atom is 0.233 e. The van der Waals surface area contributed by atoms with Crippen molar-refractivity contribution < 1.29 is 9.53 Å². The van der Waals surface area contributed by atoms with E-state index < -0.39 is 0 Å². The third-order valence-corrected chi connectivity index (χ3v) is 6.56. The molecule has 0 N–H and O–H groups in total. The molecule has 0 atom stereocenters. The molecule has 0 unspecified atom stereocenters. The van der Waals surface area contributed by atoms with E-state index >= 15 is 0 Å². The van der Waals surface area contributed by atoms with Gasteiger partial charge in [0.05, 0.1) is 12.9 Å². The molecule has 0 saturated heterocycles. The summed E-state index contributed by atoms with van der Waals surface area (Å²) in [6, 6.07) is 16.2.